The minimum absolute atomic E-state index is 0.0226. The van der Waals surface area contributed by atoms with E-state index in [4.69, 9.17) is 28.2 Å². The number of rotatable bonds is 9. The summed E-state index contributed by atoms with van der Waals surface area (Å²) >= 11 is 0. The van der Waals surface area contributed by atoms with Crippen LogP contribution in [0, 0.1) is 0 Å². The molecule has 180 valence electrons. The largest absolute Gasteiger partial charge is 0.365 e. The molecule has 0 bridgehead atoms. The minimum Gasteiger partial charge on any atom is -0.365 e. The average Bonchev–Trinajstić information content (AvgIpc) is 3.13. The van der Waals surface area contributed by atoms with Crippen molar-refractivity contribution in [2.45, 2.75) is 63.6 Å². The third-order valence-corrected chi connectivity index (χ3v) is 6.99. The molecule has 2 aromatic carbocycles. The first-order chi connectivity index (χ1) is 15.8. The van der Waals surface area contributed by atoms with Gasteiger partial charge in [0, 0.05) is 7.11 Å². The fourth-order valence-electron chi connectivity index (χ4n) is 4.15. The van der Waals surface area contributed by atoms with Crippen LogP contribution in [0.1, 0.15) is 25.0 Å². The van der Waals surface area contributed by atoms with E-state index in [0.717, 1.165) is 11.1 Å². The second-order valence-electron chi connectivity index (χ2n) is 8.68. The van der Waals surface area contributed by atoms with Crippen molar-refractivity contribution in [3.63, 3.8) is 0 Å². The van der Waals surface area contributed by atoms with E-state index in [1.165, 1.54) is 7.11 Å². The number of ether oxygens (including phenoxy) is 5. The molecule has 0 spiro atoms. The van der Waals surface area contributed by atoms with Gasteiger partial charge in [0.1, 0.15) is 24.4 Å². The molecule has 2 aliphatic heterocycles. The molecule has 2 fully saturated rings. The van der Waals surface area contributed by atoms with E-state index in [-0.39, 0.29) is 12.8 Å². The molecule has 0 amide bonds. The zero-order chi connectivity index (χ0) is 23.5. The van der Waals surface area contributed by atoms with Gasteiger partial charge in [-0.05, 0) is 25.0 Å². The van der Waals surface area contributed by atoms with Gasteiger partial charge in [0.2, 0.25) is 0 Å². The standard InChI is InChI=1S/C24H31O8P/c1-24(2)31-20-19(16-33(25,26)29-15-18-12-8-5-9-13-18)30-23(27-3)22(21(20)32-24)28-14-17-10-6-4-7-11-17/h4-13,19-23H,14-16H2,1-3H3,(H,25,26)/t19-,20+,21+,22-,23-/m1/s1. The summed E-state index contributed by atoms with van der Waals surface area (Å²) in [6.45, 7) is 3.95. The van der Waals surface area contributed by atoms with E-state index in [1.807, 2.05) is 60.7 Å². The smallest absolute Gasteiger partial charge is 0.331 e. The third-order valence-electron chi connectivity index (χ3n) is 5.64. The summed E-state index contributed by atoms with van der Waals surface area (Å²) in [4.78, 5) is 10.5. The van der Waals surface area contributed by atoms with Gasteiger partial charge in [-0.25, -0.2) is 0 Å². The SMILES string of the molecule is CO[C@@H]1O[C@H](CP(=O)(O)OCc2ccccc2)[C@@H]2OC(C)(C)O[C@@H]2[C@H]1OCc1ccccc1. The van der Waals surface area contributed by atoms with Crippen molar-refractivity contribution in [2.24, 2.45) is 0 Å². The summed E-state index contributed by atoms with van der Waals surface area (Å²) < 4.78 is 48.2. The lowest BCUT2D eigenvalue weighted by molar-refractivity contribution is -0.278. The predicted molar refractivity (Wildman–Crippen MR) is 120 cm³/mol. The molecule has 6 atom stereocenters. The summed E-state index contributed by atoms with van der Waals surface area (Å²) in [5, 5.41) is 0. The van der Waals surface area contributed by atoms with Gasteiger partial charge in [0.05, 0.1) is 19.4 Å². The van der Waals surface area contributed by atoms with Gasteiger partial charge in [0.25, 0.3) is 0 Å². The van der Waals surface area contributed by atoms with Crippen LogP contribution in [0.2, 0.25) is 0 Å². The zero-order valence-electron chi connectivity index (χ0n) is 19.0. The monoisotopic (exact) mass is 478 g/mol. The maximum absolute atomic E-state index is 12.9. The summed E-state index contributed by atoms with van der Waals surface area (Å²) in [7, 11) is -2.49. The Balaban J connectivity index is 1.46. The molecule has 0 saturated carbocycles. The van der Waals surface area contributed by atoms with Crippen molar-refractivity contribution < 1.29 is 37.7 Å². The Bertz CT molecular complexity index is 938. The molecule has 33 heavy (non-hydrogen) atoms. The average molecular weight is 478 g/mol. The van der Waals surface area contributed by atoms with E-state index in [0.29, 0.717) is 6.61 Å². The topological polar surface area (TPSA) is 92.7 Å². The summed E-state index contributed by atoms with van der Waals surface area (Å²) in [5.74, 6) is -0.904. The van der Waals surface area contributed by atoms with Crippen LogP contribution in [-0.2, 0) is 46.0 Å². The highest BCUT2D eigenvalue weighted by Crippen LogP contribution is 2.48. The summed E-state index contributed by atoms with van der Waals surface area (Å²) in [6.07, 6.45) is -3.57. The Morgan fingerprint density at radius 1 is 0.939 bits per heavy atom. The lowest BCUT2D eigenvalue weighted by Gasteiger charge is -2.41. The van der Waals surface area contributed by atoms with Crippen LogP contribution in [0.25, 0.3) is 0 Å². The molecule has 0 aromatic heterocycles. The lowest BCUT2D eigenvalue weighted by atomic mass is 9.99. The second kappa shape index (κ2) is 10.3. The Morgan fingerprint density at radius 2 is 1.52 bits per heavy atom. The maximum Gasteiger partial charge on any atom is 0.331 e. The number of benzene rings is 2. The second-order valence-corrected chi connectivity index (χ2v) is 10.6. The molecular weight excluding hydrogens is 447 g/mol. The van der Waals surface area contributed by atoms with Crippen LogP contribution < -0.4 is 0 Å². The number of hydrogen-bond acceptors (Lipinski definition) is 7. The Morgan fingerprint density at radius 3 is 2.12 bits per heavy atom. The first-order valence-electron chi connectivity index (χ1n) is 11.0. The van der Waals surface area contributed by atoms with Gasteiger partial charge in [-0.3, -0.25) is 4.57 Å². The third kappa shape index (κ3) is 6.29. The first-order valence-corrected chi connectivity index (χ1v) is 12.7. The minimum atomic E-state index is -3.99. The molecule has 0 aliphatic carbocycles. The normalized spacial score (nSPS) is 30.5. The zero-order valence-corrected chi connectivity index (χ0v) is 19.9. The molecule has 2 heterocycles. The molecule has 0 radical (unpaired) electrons. The van der Waals surface area contributed by atoms with E-state index >= 15 is 0 Å². The van der Waals surface area contributed by atoms with E-state index in [9.17, 15) is 9.46 Å². The number of hydrogen-bond donors (Lipinski definition) is 1. The molecule has 1 unspecified atom stereocenters. The predicted octanol–water partition coefficient (Wildman–Crippen LogP) is 3.87. The Labute approximate surface area is 194 Å². The van der Waals surface area contributed by atoms with Gasteiger partial charge in [-0.15, -0.1) is 0 Å². The van der Waals surface area contributed by atoms with Crippen molar-refractivity contribution in [1.82, 2.24) is 0 Å². The molecule has 8 nitrogen and oxygen atoms in total. The number of fused-ring (bicyclic) bond motifs is 1. The lowest BCUT2D eigenvalue weighted by Crippen LogP contribution is -2.58. The van der Waals surface area contributed by atoms with E-state index in [2.05, 4.69) is 0 Å². The molecule has 2 aromatic rings. The van der Waals surface area contributed by atoms with Crippen molar-refractivity contribution in [2.75, 3.05) is 13.3 Å². The van der Waals surface area contributed by atoms with Crippen LogP contribution in [-0.4, -0.2) is 54.7 Å². The van der Waals surface area contributed by atoms with Gasteiger partial charge in [0.15, 0.2) is 12.1 Å². The molecular formula is C24H31O8P. The number of methoxy groups -OCH3 is 1. The fraction of sp³-hybridized carbons (Fsp3) is 0.500. The van der Waals surface area contributed by atoms with Gasteiger partial charge in [-0.1, -0.05) is 60.7 Å². The molecule has 2 saturated heterocycles. The summed E-state index contributed by atoms with van der Waals surface area (Å²) in [5.41, 5.74) is 1.80. The van der Waals surface area contributed by atoms with Crippen LogP contribution in [0.3, 0.4) is 0 Å². The maximum atomic E-state index is 12.9. The quantitative estimate of drug-likeness (QED) is 0.543. The Kier molecular flexibility index (Phi) is 7.68. The van der Waals surface area contributed by atoms with Gasteiger partial charge < -0.3 is 33.1 Å². The highest BCUT2D eigenvalue weighted by atomic mass is 31.2. The van der Waals surface area contributed by atoms with Gasteiger partial charge >= 0.3 is 7.60 Å². The summed E-state index contributed by atoms with van der Waals surface area (Å²) in [6, 6.07) is 19.0. The van der Waals surface area contributed by atoms with Crippen molar-refractivity contribution in [3.8, 4) is 0 Å². The van der Waals surface area contributed by atoms with Crippen LogP contribution in [0.5, 0.6) is 0 Å². The van der Waals surface area contributed by atoms with Crippen LogP contribution >= 0.6 is 7.60 Å². The highest BCUT2D eigenvalue weighted by molar-refractivity contribution is 7.52. The molecule has 9 heteroatoms. The molecule has 4 rings (SSSR count). The van der Waals surface area contributed by atoms with Crippen molar-refractivity contribution in [1.29, 1.82) is 0 Å². The first kappa shape index (κ1) is 24.5. The van der Waals surface area contributed by atoms with Crippen LogP contribution in [0.4, 0.5) is 0 Å². The van der Waals surface area contributed by atoms with Gasteiger partial charge in [-0.2, -0.15) is 0 Å². The van der Waals surface area contributed by atoms with E-state index in [1.54, 1.807) is 13.8 Å². The molecule has 1 N–H and O–H groups in total. The highest BCUT2D eigenvalue weighted by Gasteiger charge is 2.57. The van der Waals surface area contributed by atoms with E-state index < -0.39 is 44.1 Å². The molecule has 2 aliphatic rings. The van der Waals surface area contributed by atoms with Crippen LogP contribution in [0.15, 0.2) is 60.7 Å². The Hall–Kier alpha value is -1.61. The van der Waals surface area contributed by atoms with Crippen molar-refractivity contribution >= 4 is 7.60 Å². The fourth-order valence-corrected chi connectivity index (χ4v) is 5.35. The van der Waals surface area contributed by atoms with Crippen molar-refractivity contribution in [3.05, 3.63) is 71.8 Å².